The Bertz CT molecular complexity index is 544. The van der Waals surface area contributed by atoms with Crippen LogP contribution in [0.25, 0.3) is 5.65 Å². The first-order valence-electron chi connectivity index (χ1n) is 6.03. The van der Waals surface area contributed by atoms with Gasteiger partial charge in [0.05, 0.1) is 24.7 Å². The monoisotopic (exact) mass is 250 g/mol. The maximum Gasteiger partial charge on any atom is 0.155 e. The summed E-state index contributed by atoms with van der Waals surface area (Å²) in [6.45, 7) is 0.971. The zero-order valence-corrected chi connectivity index (χ0v) is 9.91. The highest BCUT2D eigenvalue weighted by Gasteiger charge is 2.31. The fraction of sp³-hybridized carbons (Fsp3) is 0.500. The third-order valence-corrected chi connectivity index (χ3v) is 3.45. The second-order valence-electron chi connectivity index (χ2n) is 4.65. The standard InChI is InChI=1S/C12H15FN4O/c13-9-3-10(8-18)16(6-9)7-11-4-15-12-5-14-1-2-17(11)12/h1-2,4-5,9-10,18H,3,6-8H2/t9-,10-/m0/s1. The van der Waals surface area contributed by atoms with Gasteiger partial charge in [0.1, 0.15) is 6.17 Å². The molecule has 0 unspecified atom stereocenters. The van der Waals surface area contributed by atoms with E-state index in [1.807, 2.05) is 15.5 Å². The minimum absolute atomic E-state index is 0.00128. The number of halogens is 1. The van der Waals surface area contributed by atoms with E-state index in [0.29, 0.717) is 19.5 Å². The zero-order chi connectivity index (χ0) is 12.5. The van der Waals surface area contributed by atoms with Crippen molar-refractivity contribution in [3.63, 3.8) is 0 Å². The molecule has 2 atom stereocenters. The number of hydrogen-bond acceptors (Lipinski definition) is 4. The van der Waals surface area contributed by atoms with Crippen molar-refractivity contribution in [3.05, 3.63) is 30.5 Å². The lowest BCUT2D eigenvalue weighted by molar-refractivity contribution is 0.151. The number of alkyl halides is 1. The average Bonchev–Trinajstić information content (AvgIpc) is 2.94. The molecule has 2 aromatic rings. The summed E-state index contributed by atoms with van der Waals surface area (Å²) in [5, 5.41) is 9.26. The maximum absolute atomic E-state index is 13.4. The van der Waals surface area contributed by atoms with Gasteiger partial charge in [0.25, 0.3) is 0 Å². The van der Waals surface area contributed by atoms with Crippen molar-refractivity contribution >= 4 is 5.65 Å². The van der Waals surface area contributed by atoms with Gasteiger partial charge in [-0.2, -0.15) is 0 Å². The second kappa shape index (κ2) is 4.62. The molecule has 3 heterocycles. The topological polar surface area (TPSA) is 53.7 Å². The van der Waals surface area contributed by atoms with E-state index < -0.39 is 6.17 Å². The van der Waals surface area contributed by atoms with Crippen LogP contribution >= 0.6 is 0 Å². The molecule has 0 aromatic carbocycles. The lowest BCUT2D eigenvalue weighted by Crippen LogP contribution is -2.32. The number of aromatic nitrogens is 3. The molecule has 6 heteroatoms. The second-order valence-corrected chi connectivity index (χ2v) is 4.65. The summed E-state index contributed by atoms with van der Waals surface area (Å²) in [4.78, 5) is 10.2. The highest BCUT2D eigenvalue weighted by Crippen LogP contribution is 2.22. The first kappa shape index (κ1) is 11.6. The van der Waals surface area contributed by atoms with Crippen LogP contribution < -0.4 is 0 Å². The Labute approximate surface area is 104 Å². The number of hydrogen-bond donors (Lipinski definition) is 1. The number of fused-ring (bicyclic) bond motifs is 1. The fourth-order valence-corrected chi connectivity index (χ4v) is 2.53. The highest BCUT2D eigenvalue weighted by molar-refractivity contribution is 5.36. The number of aliphatic hydroxyl groups is 1. The van der Waals surface area contributed by atoms with Gasteiger partial charge in [0.2, 0.25) is 0 Å². The van der Waals surface area contributed by atoms with Crippen LogP contribution in [0, 0.1) is 0 Å². The van der Waals surface area contributed by atoms with E-state index in [0.717, 1.165) is 11.3 Å². The van der Waals surface area contributed by atoms with Gasteiger partial charge in [-0.05, 0) is 6.42 Å². The van der Waals surface area contributed by atoms with E-state index in [4.69, 9.17) is 0 Å². The molecule has 2 aromatic heterocycles. The lowest BCUT2D eigenvalue weighted by atomic mass is 10.2. The molecule has 1 N–H and O–H groups in total. The summed E-state index contributed by atoms with van der Waals surface area (Å²) in [5.41, 5.74) is 1.77. The molecule has 0 saturated carbocycles. The van der Waals surface area contributed by atoms with Gasteiger partial charge in [-0.1, -0.05) is 0 Å². The predicted molar refractivity (Wildman–Crippen MR) is 63.8 cm³/mol. The highest BCUT2D eigenvalue weighted by atomic mass is 19.1. The fourth-order valence-electron chi connectivity index (χ4n) is 2.53. The van der Waals surface area contributed by atoms with Gasteiger partial charge < -0.3 is 5.11 Å². The van der Waals surface area contributed by atoms with E-state index in [-0.39, 0.29) is 12.6 Å². The quantitative estimate of drug-likeness (QED) is 0.868. The molecular weight excluding hydrogens is 235 g/mol. The molecule has 5 nitrogen and oxygen atoms in total. The maximum atomic E-state index is 13.4. The Morgan fingerprint density at radius 2 is 2.33 bits per heavy atom. The zero-order valence-electron chi connectivity index (χ0n) is 9.91. The van der Waals surface area contributed by atoms with Crippen LogP contribution in [0.5, 0.6) is 0 Å². The normalized spacial score (nSPS) is 25.0. The molecule has 18 heavy (non-hydrogen) atoms. The number of rotatable bonds is 3. The molecule has 0 spiro atoms. The number of nitrogens with zero attached hydrogens (tertiary/aromatic N) is 4. The summed E-state index contributed by atoms with van der Waals surface area (Å²) < 4.78 is 15.3. The van der Waals surface area contributed by atoms with Crippen LogP contribution in [0.15, 0.2) is 24.8 Å². The number of likely N-dealkylation sites (tertiary alicyclic amines) is 1. The third kappa shape index (κ3) is 1.97. The van der Waals surface area contributed by atoms with E-state index in [9.17, 15) is 9.50 Å². The summed E-state index contributed by atoms with van der Waals surface area (Å²) >= 11 is 0. The van der Waals surface area contributed by atoms with Crippen LogP contribution in [0.2, 0.25) is 0 Å². The van der Waals surface area contributed by atoms with Gasteiger partial charge in [-0.3, -0.25) is 14.3 Å². The minimum atomic E-state index is -0.844. The van der Waals surface area contributed by atoms with Crippen LogP contribution in [0.3, 0.4) is 0 Å². The van der Waals surface area contributed by atoms with Crippen molar-refractivity contribution in [1.29, 1.82) is 0 Å². The van der Waals surface area contributed by atoms with Crippen LogP contribution in [-0.4, -0.2) is 49.7 Å². The summed E-state index contributed by atoms with van der Waals surface area (Å²) in [5.74, 6) is 0. The third-order valence-electron chi connectivity index (χ3n) is 3.45. The Hall–Kier alpha value is -1.53. The van der Waals surface area contributed by atoms with E-state index in [2.05, 4.69) is 9.97 Å². The molecular formula is C12H15FN4O. The Morgan fingerprint density at radius 1 is 1.44 bits per heavy atom. The van der Waals surface area contributed by atoms with Crippen molar-refractivity contribution in [2.24, 2.45) is 0 Å². The van der Waals surface area contributed by atoms with E-state index >= 15 is 0 Å². The van der Waals surface area contributed by atoms with Gasteiger partial charge >= 0.3 is 0 Å². The Balaban J connectivity index is 1.84. The predicted octanol–water partition coefficient (Wildman–Crippen LogP) is 0.634. The first-order chi connectivity index (χ1) is 8.78. The van der Waals surface area contributed by atoms with Crippen LogP contribution in [-0.2, 0) is 6.54 Å². The van der Waals surface area contributed by atoms with Crippen molar-refractivity contribution in [2.75, 3.05) is 13.2 Å². The SMILES string of the molecule is OC[C@@H]1C[C@H](F)CN1Cc1cnc2cnccn12. The van der Waals surface area contributed by atoms with Gasteiger partial charge in [0, 0.05) is 31.5 Å². The molecule has 0 aliphatic carbocycles. The average molecular weight is 250 g/mol. The summed E-state index contributed by atoms with van der Waals surface area (Å²) in [7, 11) is 0. The molecule has 0 radical (unpaired) electrons. The number of aliphatic hydroxyl groups excluding tert-OH is 1. The number of imidazole rings is 1. The summed E-state index contributed by atoms with van der Waals surface area (Å²) in [6.07, 6.45) is 6.57. The molecule has 1 aliphatic rings. The van der Waals surface area contributed by atoms with Gasteiger partial charge in [-0.25, -0.2) is 9.37 Å². The van der Waals surface area contributed by atoms with E-state index in [1.54, 1.807) is 18.6 Å². The summed E-state index contributed by atoms with van der Waals surface area (Å²) in [6, 6.07) is -0.0904. The molecule has 3 rings (SSSR count). The lowest BCUT2D eigenvalue weighted by Gasteiger charge is -2.21. The van der Waals surface area contributed by atoms with Gasteiger partial charge in [-0.15, -0.1) is 0 Å². The molecule has 0 bridgehead atoms. The molecule has 1 aliphatic heterocycles. The van der Waals surface area contributed by atoms with Crippen molar-refractivity contribution in [2.45, 2.75) is 25.2 Å². The molecule has 96 valence electrons. The van der Waals surface area contributed by atoms with Crippen molar-refractivity contribution in [3.8, 4) is 0 Å². The van der Waals surface area contributed by atoms with Crippen LogP contribution in [0.1, 0.15) is 12.1 Å². The molecule has 0 amide bonds. The minimum Gasteiger partial charge on any atom is -0.395 e. The molecule has 1 saturated heterocycles. The van der Waals surface area contributed by atoms with Crippen LogP contribution in [0.4, 0.5) is 4.39 Å². The van der Waals surface area contributed by atoms with E-state index in [1.165, 1.54) is 0 Å². The smallest absolute Gasteiger partial charge is 0.155 e. The Kier molecular flexibility index (Phi) is 2.97. The molecule has 1 fully saturated rings. The largest absolute Gasteiger partial charge is 0.395 e. The first-order valence-corrected chi connectivity index (χ1v) is 6.03. The van der Waals surface area contributed by atoms with Crippen molar-refractivity contribution < 1.29 is 9.50 Å². The Morgan fingerprint density at radius 3 is 3.17 bits per heavy atom. The van der Waals surface area contributed by atoms with Gasteiger partial charge in [0.15, 0.2) is 5.65 Å². The van der Waals surface area contributed by atoms with Crippen molar-refractivity contribution in [1.82, 2.24) is 19.3 Å².